The van der Waals surface area contributed by atoms with Crippen LogP contribution in [0.15, 0.2) is 42.9 Å². The van der Waals surface area contributed by atoms with Crippen LogP contribution in [0.3, 0.4) is 0 Å². The Labute approximate surface area is 156 Å². The molecule has 9 nitrogen and oxygen atoms in total. The average molecular weight is 367 g/mol. The number of aromatic nitrogens is 6. The summed E-state index contributed by atoms with van der Waals surface area (Å²) in [5, 5.41) is 22.2. The van der Waals surface area contributed by atoms with Crippen molar-refractivity contribution in [3.05, 3.63) is 54.4 Å². The highest BCUT2D eigenvalue weighted by Crippen LogP contribution is 2.36. The first-order chi connectivity index (χ1) is 13.3. The van der Waals surface area contributed by atoms with Crippen LogP contribution in [0.1, 0.15) is 30.4 Å². The molecule has 140 valence electrons. The van der Waals surface area contributed by atoms with Crippen molar-refractivity contribution >= 4 is 0 Å². The van der Waals surface area contributed by atoms with Gasteiger partial charge in [-0.15, -0.1) is 5.10 Å². The Hall–Kier alpha value is -2.91. The third-order valence-corrected chi connectivity index (χ3v) is 4.92. The number of methoxy groups -OCH3 is 1. The monoisotopic (exact) mass is 367 g/mol. The van der Waals surface area contributed by atoms with Crippen LogP contribution in [-0.4, -0.2) is 59.9 Å². The first-order valence-corrected chi connectivity index (χ1v) is 8.84. The highest BCUT2D eigenvalue weighted by atomic mass is 16.5. The molecule has 0 saturated carbocycles. The predicted molar refractivity (Wildman–Crippen MR) is 96.1 cm³/mol. The van der Waals surface area contributed by atoms with Crippen molar-refractivity contribution in [3.8, 4) is 11.4 Å². The molecule has 9 heteroatoms. The maximum Gasteiger partial charge on any atom is 0.173 e. The number of likely N-dealkylation sites (tertiary alicyclic amines) is 1. The lowest BCUT2D eigenvalue weighted by Crippen LogP contribution is -2.35. The van der Waals surface area contributed by atoms with Crippen molar-refractivity contribution in [2.75, 3.05) is 13.7 Å². The van der Waals surface area contributed by atoms with Crippen LogP contribution < -0.4 is 4.74 Å². The molecule has 1 fully saturated rings. The molecule has 1 N–H and O–H groups in total. The van der Waals surface area contributed by atoms with Gasteiger partial charge in [0.15, 0.2) is 5.82 Å². The quantitative estimate of drug-likeness (QED) is 0.692. The molecule has 4 rings (SSSR count). The van der Waals surface area contributed by atoms with Gasteiger partial charge in [0.05, 0.1) is 31.1 Å². The van der Waals surface area contributed by atoms with E-state index in [0.29, 0.717) is 6.54 Å². The third kappa shape index (κ3) is 3.51. The van der Waals surface area contributed by atoms with E-state index in [2.05, 4.69) is 30.4 Å². The Kier molecular flexibility index (Phi) is 5.03. The Bertz CT molecular complexity index is 869. The van der Waals surface area contributed by atoms with Crippen molar-refractivity contribution in [3.63, 3.8) is 0 Å². The summed E-state index contributed by atoms with van der Waals surface area (Å²) in [7, 11) is 1.63. The molecule has 0 unspecified atom stereocenters. The molecule has 3 heterocycles. The fourth-order valence-electron chi connectivity index (χ4n) is 3.56. The van der Waals surface area contributed by atoms with E-state index in [1.807, 2.05) is 24.3 Å². The van der Waals surface area contributed by atoms with E-state index in [0.717, 1.165) is 35.8 Å². The van der Waals surface area contributed by atoms with Crippen molar-refractivity contribution in [1.82, 2.24) is 35.1 Å². The Morgan fingerprint density at radius 1 is 1.19 bits per heavy atom. The van der Waals surface area contributed by atoms with Gasteiger partial charge in [-0.05, 0) is 47.5 Å². The molecule has 1 saturated heterocycles. The Morgan fingerprint density at radius 3 is 2.74 bits per heavy atom. The topological polar surface area (TPSA) is 102 Å². The first kappa shape index (κ1) is 17.5. The number of hydrogen-bond donors (Lipinski definition) is 1. The summed E-state index contributed by atoms with van der Waals surface area (Å²) in [5.74, 6) is 1.53. The lowest BCUT2D eigenvalue weighted by Gasteiger charge is -2.28. The molecule has 2 aromatic heterocycles. The van der Waals surface area contributed by atoms with Crippen LogP contribution in [0, 0.1) is 0 Å². The Balaban J connectivity index is 1.64. The molecule has 2 atom stereocenters. The second-order valence-electron chi connectivity index (χ2n) is 6.45. The number of benzene rings is 1. The molecule has 0 aliphatic carbocycles. The summed E-state index contributed by atoms with van der Waals surface area (Å²) in [5.41, 5.74) is 1.72. The fourth-order valence-corrected chi connectivity index (χ4v) is 3.56. The van der Waals surface area contributed by atoms with Crippen molar-refractivity contribution in [2.45, 2.75) is 31.5 Å². The summed E-state index contributed by atoms with van der Waals surface area (Å²) in [6.45, 7) is 0.667. The van der Waals surface area contributed by atoms with Gasteiger partial charge in [0, 0.05) is 31.2 Å². The zero-order valence-corrected chi connectivity index (χ0v) is 15.0. The van der Waals surface area contributed by atoms with Crippen LogP contribution in [0.2, 0.25) is 0 Å². The molecule has 27 heavy (non-hydrogen) atoms. The largest absolute Gasteiger partial charge is 0.497 e. The lowest BCUT2D eigenvalue weighted by molar-refractivity contribution is 0.116. The van der Waals surface area contributed by atoms with Gasteiger partial charge in [0.2, 0.25) is 0 Å². The summed E-state index contributed by atoms with van der Waals surface area (Å²) >= 11 is 0. The highest BCUT2D eigenvalue weighted by molar-refractivity contribution is 5.37. The number of aliphatic hydroxyl groups is 1. The summed E-state index contributed by atoms with van der Waals surface area (Å²) in [6, 6.07) is 7.63. The molecule has 1 aliphatic rings. The van der Waals surface area contributed by atoms with Crippen molar-refractivity contribution < 1.29 is 9.84 Å². The van der Waals surface area contributed by atoms with E-state index in [4.69, 9.17) is 4.74 Å². The zero-order valence-electron chi connectivity index (χ0n) is 15.0. The summed E-state index contributed by atoms with van der Waals surface area (Å²) < 4.78 is 6.96. The van der Waals surface area contributed by atoms with Gasteiger partial charge in [-0.3, -0.25) is 14.9 Å². The standard InChI is InChI=1S/C18H21N7O2/c1-27-16-5-2-14(3-6-16)25-18(21-22-23-25)17-7-4-15(12-26)24(17)11-13-10-19-8-9-20-13/h2-3,5-6,8-10,15,17,26H,4,7,11-12H2,1H3/t15-,17-/m0/s1. The van der Waals surface area contributed by atoms with Crippen LogP contribution in [0.5, 0.6) is 5.75 Å². The minimum absolute atomic E-state index is 0.0127. The van der Waals surface area contributed by atoms with Crippen molar-refractivity contribution in [2.24, 2.45) is 0 Å². The fraction of sp³-hybridized carbons (Fsp3) is 0.389. The van der Waals surface area contributed by atoms with Crippen LogP contribution >= 0.6 is 0 Å². The SMILES string of the molecule is COc1ccc(-n2nnnc2[C@@H]2CC[C@@H](CO)N2Cc2cnccn2)cc1. The smallest absolute Gasteiger partial charge is 0.173 e. The molecule has 1 aliphatic heterocycles. The molecule has 3 aromatic rings. The number of hydrogen-bond acceptors (Lipinski definition) is 8. The molecule has 0 amide bonds. The number of nitrogens with zero attached hydrogens (tertiary/aromatic N) is 7. The van der Waals surface area contributed by atoms with E-state index in [1.54, 1.807) is 30.4 Å². The second-order valence-corrected chi connectivity index (χ2v) is 6.45. The van der Waals surface area contributed by atoms with Crippen molar-refractivity contribution in [1.29, 1.82) is 0 Å². The van der Waals surface area contributed by atoms with Gasteiger partial charge in [0.25, 0.3) is 0 Å². The number of tetrazole rings is 1. The molecule has 0 radical (unpaired) electrons. The minimum atomic E-state index is -0.0127. The van der Waals surface area contributed by atoms with Gasteiger partial charge in [-0.2, -0.15) is 4.68 Å². The normalized spacial score (nSPS) is 20.1. The van der Waals surface area contributed by atoms with E-state index < -0.39 is 0 Å². The first-order valence-electron chi connectivity index (χ1n) is 8.84. The average Bonchev–Trinajstić information content (AvgIpc) is 3.35. The van der Waals surface area contributed by atoms with Gasteiger partial charge in [-0.25, -0.2) is 0 Å². The maximum absolute atomic E-state index is 9.82. The highest BCUT2D eigenvalue weighted by Gasteiger charge is 2.37. The summed E-state index contributed by atoms with van der Waals surface area (Å²) in [6.07, 6.45) is 6.81. The Morgan fingerprint density at radius 2 is 2.04 bits per heavy atom. The second kappa shape index (κ2) is 7.77. The van der Waals surface area contributed by atoms with E-state index in [-0.39, 0.29) is 18.7 Å². The van der Waals surface area contributed by atoms with Crippen LogP contribution in [0.4, 0.5) is 0 Å². The molecule has 0 bridgehead atoms. The summed E-state index contributed by atoms with van der Waals surface area (Å²) in [4.78, 5) is 10.7. The van der Waals surface area contributed by atoms with Gasteiger partial charge < -0.3 is 9.84 Å². The van der Waals surface area contributed by atoms with E-state index >= 15 is 0 Å². The molecule has 0 spiro atoms. The van der Waals surface area contributed by atoms with E-state index in [1.165, 1.54) is 0 Å². The maximum atomic E-state index is 9.82. The minimum Gasteiger partial charge on any atom is -0.497 e. The third-order valence-electron chi connectivity index (χ3n) is 4.92. The van der Waals surface area contributed by atoms with Gasteiger partial charge in [-0.1, -0.05) is 0 Å². The number of aliphatic hydroxyl groups excluding tert-OH is 1. The number of ether oxygens (including phenoxy) is 1. The predicted octanol–water partition coefficient (Wildman–Crippen LogP) is 1.16. The van der Waals surface area contributed by atoms with Crippen LogP contribution in [0.25, 0.3) is 5.69 Å². The zero-order chi connectivity index (χ0) is 18.6. The molecular weight excluding hydrogens is 346 g/mol. The van der Waals surface area contributed by atoms with Crippen LogP contribution in [-0.2, 0) is 6.54 Å². The van der Waals surface area contributed by atoms with E-state index in [9.17, 15) is 5.11 Å². The molecular formula is C18H21N7O2. The van der Waals surface area contributed by atoms with Gasteiger partial charge in [0.1, 0.15) is 5.75 Å². The number of rotatable bonds is 6. The molecule has 1 aromatic carbocycles. The van der Waals surface area contributed by atoms with Gasteiger partial charge >= 0.3 is 0 Å². The lowest BCUT2D eigenvalue weighted by atomic mass is 10.2.